The average molecular weight is 426 g/mol. The van der Waals surface area contributed by atoms with E-state index in [2.05, 4.69) is 10.2 Å². The number of hydrogen-bond acceptors (Lipinski definition) is 4. The molecule has 0 saturated carbocycles. The summed E-state index contributed by atoms with van der Waals surface area (Å²) in [7, 11) is 1.94. The lowest BCUT2D eigenvalue weighted by atomic mass is 10.2. The van der Waals surface area contributed by atoms with E-state index in [0.29, 0.717) is 28.2 Å². The largest absolute Gasteiger partial charge is 0.492 e. The summed E-state index contributed by atoms with van der Waals surface area (Å²) in [6.45, 7) is 0.520. The average Bonchev–Trinajstić information content (AvgIpc) is 3.00. The van der Waals surface area contributed by atoms with Gasteiger partial charge in [0.1, 0.15) is 17.4 Å². The van der Waals surface area contributed by atoms with Crippen LogP contribution in [0.25, 0.3) is 0 Å². The van der Waals surface area contributed by atoms with Gasteiger partial charge in [-0.25, -0.2) is 4.39 Å². The molecule has 0 saturated heterocycles. The van der Waals surface area contributed by atoms with E-state index in [1.165, 1.54) is 12.1 Å². The summed E-state index contributed by atoms with van der Waals surface area (Å²) in [6.07, 6.45) is 1.53. The van der Waals surface area contributed by atoms with Crippen molar-refractivity contribution in [1.82, 2.24) is 14.8 Å². The van der Waals surface area contributed by atoms with Crippen LogP contribution in [-0.2, 0) is 19.2 Å². The van der Waals surface area contributed by atoms with Gasteiger partial charge in [0.05, 0.1) is 11.6 Å². The molecule has 0 N–H and O–H groups in total. The Balaban J connectivity index is 1.47. The fourth-order valence-electron chi connectivity index (χ4n) is 2.42. The molecule has 1 heterocycles. The Morgan fingerprint density at radius 2 is 1.89 bits per heavy atom. The third-order valence-corrected chi connectivity index (χ3v) is 5.52. The second-order valence-electron chi connectivity index (χ2n) is 5.90. The Kier molecular flexibility index (Phi) is 6.99. The minimum absolute atomic E-state index is 0.230. The molecule has 4 nitrogen and oxygen atoms in total. The summed E-state index contributed by atoms with van der Waals surface area (Å²) in [6, 6.07) is 11.6. The SMILES string of the molecule is Cn1c(CCCOc2ccc(Cl)cc2Cl)nnc1SCc1ccc(F)cc1. The first-order chi connectivity index (χ1) is 13.0. The molecule has 27 heavy (non-hydrogen) atoms. The number of aryl methyl sites for hydroxylation is 1. The lowest BCUT2D eigenvalue weighted by molar-refractivity contribution is 0.309. The number of hydrogen-bond donors (Lipinski definition) is 0. The van der Waals surface area contributed by atoms with Crippen LogP contribution in [0.4, 0.5) is 4.39 Å². The quantitative estimate of drug-likeness (QED) is 0.349. The third-order valence-electron chi connectivity index (χ3n) is 3.90. The number of halogens is 3. The first-order valence-electron chi connectivity index (χ1n) is 8.36. The van der Waals surface area contributed by atoms with Crippen LogP contribution in [0.3, 0.4) is 0 Å². The van der Waals surface area contributed by atoms with Crippen molar-refractivity contribution in [3.63, 3.8) is 0 Å². The van der Waals surface area contributed by atoms with Gasteiger partial charge in [0.15, 0.2) is 5.16 Å². The van der Waals surface area contributed by atoms with Crippen LogP contribution in [0.5, 0.6) is 5.75 Å². The van der Waals surface area contributed by atoms with E-state index >= 15 is 0 Å². The number of aromatic nitrogens is 3. The first-order valence-corrected chi connectivity index (χ1v) is 10.1. The van der Waals surface area contributed by atoms with Crippen LogP contribution in [0.15, 0.2) is 47.6 Å². The zero-order valence-corrected chi connectivity index (χ0v) is 17.0. The fourth-order valence-corrected chi connectivity index (χ4v) is 3.77. The van der Waals surface area contributed by atoms with Gasteiger partial charge in [-0.2, -0.15) is 0 Å². The highest BCUT2D eigenvalue weighted by Crippen LogP contribution is 2.27. The summed E-state index contributed by atoms with van der Waals surface area (Å²) >= 11 is 13.5. The van der Waals surface area contributed by atoms with Crippen molar-refractivity contribution in [3.05, 3.63) is 69.7 Å². The van der Waals surface area contributed by atoms with Crippen molar-refractivity contribution in [2.75, 3.05) is 6.61 Å². The maximum atomic E-state index is 13.0. The normalized spacial score (nSPS) is 11.0. The predicted octanol–water partition coefficient (Wildman–Crippen LogP) is 5.56. The van der Waals surface area contributed by atoms with Crippen molar-refractivity contribution in [3.8, 4) is 5.75 Å². The van der Waals surface area contributed by atoms with Gasteiger partial charge in [0.25, 0.3) is 0 Å². The number of benzene rings is 2. The molecule has 0 atom stereocenters. The molecule has 2 aromatic carbocycles. The van der Waals surface area contributed by atoms with Crippen LogP contribution in [-0.4, -0.2) is 21.4 Å². The zero-order valence-electron chi connectivity index (χ0n) is 14.7. The van der Waals surface area contributed by atoms with Crippen LogP contribution >= 0.6 is 35.0 Å². The summed E-state index contributed by atoms with van der Waals surface area (Å²) in [5.41, 5.74) is 1.04. The number of ether oxygens (including phenoxy) is 1. The Morgan fingerprint density at radius 1 is 1.11 bits per heavy atom. The minimum atomic E-state index is -0.230. The van der Waals surface area contributed by atoms with E-state index in [9.17, 15) is 4.39 Å². The van der Waals surface area contributed by atoms with Gasteiger partial charge >= 0.3 is 0 Å². The molecule has 8 heteroatoms. The van der Waals surface area contributed by atoms with E-state index < -0.39 is 0 Å². The maximum absolute atomic E-state index is 13.0. The Bertz CT molecular complexity index is 902. The van der Waals surface area contributed by atoms with Crippen LogP contribution in [0.1, 0.15) is 17.8 Å². The molecule has 0 aliphatic carbocycles. The maximum Gasteiger partial charge on any atom is 0.191 e. The molecule has 0 amide bonds. The third kappa shape index (κ3) is 5.61. The zero-order chi connectivity index (χ0) is 19.2. The van der Waals surface area contributed by atoms with E-state index in [4.69, 9.17) is 27.9 Å². The van der Waals surface area contributed by atoms with Crippen molar-refractivity contribution in [2.45, 2.75) is 23.8 Å². The number of nitrogens with zero attached hydrogens (tertiary/aromatic N) is 3. The van der Waals surface area contributed by atoms with Gasteiger partial charge in [-0.1, -0.05) is 47.1 Å². The Labute approximate surface area is 171 Å². The topological polar surface area (TPSA) is 39.9 Å². The number of rotatable bonds is 8. The summed E-state index contributed by atoms with van der Waals surface area (Å²) in [5.74, 6) is 1.99. The van der Waals surface area contributed by atoms with Crippen molar-refractivity contribution in [2.24, 2.45) is 7.05 Å². The summed E-state index contributed by atoms with van der Waals surface area (Å²) in [4.78, 5) is 0. The Hall–Kier alpha value is -1.76. The molecule has 3 rings (SSSR count). The van der Waals surface area contributed by atoms with Crippen LogP contribution in [0.2, 0.25) is 10.0 Å². The van der Waals surface area contributed by atoms with E-state index in [1.54, 1.807) is 42.1 Å². The highest BCUT2D eigenvalue weighted by molar-refractivity contribution is 7.98. The van der Waals surface area contributed by atoms with Gasteiger partial charge in [0, 0.05) is 24.2 Å². The minimum Gasteiger partial charge on any atom is -0.492 e. The molecule has 142 valence electrons. The van der Waals surface area contributed by atoms with Crippen molar-refractivity contribution in [1.29, 1.82) is 0 Å². The molecular formula is C19H18Cl2FN3OS. The number of thioether (sulfide) groups is 1. The molecule has 0 spiro atoms. The van der Waals surface area contributed by atoms with Crippen LogP contribution in [0, 0.1) is 5.82 Å². The standard InChI is InChI=1S/C19H18Cl2FN3OS/c1-25-18(3-2-10-26-17-9-6-14(20)11-16(17)21)23-24-19(25)27-12-13-4-7-15(22)8-5-13/h4-9,11H,2-3,10,12H2,1H3. The van der Waals surface area contributed by atoms with Crippen molar-refractivity contribution >= 4 is 35.0 Å². The van der Waals surface area contributed by atoms with Gasteiger partial charge in [-0.15, -0.1) is 10.2 Å². The molecule has 0 aliphatic rings. The van der Waals surface area contributed by atoms with E-state index in [1.807, 2.05) is 11.6 Å². The van der Waals surface area contributed by atoms with Gasteiger partial charge in [0.2, 0.25) is 0 Å². The summed E-state index contributed by atoms with van der Waals surface area (Å²) < 4.78 is 20.6. The van der Waals surface area contributed by atoms with E-state index in [-0.39, 0.29) is 5.82 Å². The molecular weight excluding hydrogens is 408 g/mol. The molecule has 0 radical (unpaired) electrons. The second-order valence-corrected chi connectivity index (χ2v) is 7.69. The van der Waals surface area contributed by atoms with Gasteiger partial charge < -0.3 is 9.30 Å². The highest BCUT2D eigenvalue weighted by Gasteiger charge is 2.10. The smallest absolute Gasteiger partial charge is 0.191 e. The first kappa shape index (κ1) is 20.0. The fraction of sp³-hybridized carbons (Fsp3) is 0.263. The molecule has 3 aromatic rings. The second kappa shape index (κ2) is 9.44. The summed E-state index contributed by atoms with van der Waals surface area (Å²) in [5, 5.41) is 10.4. The van der Waals surface area contributed by atoms with Gasteiger partial charge in [-0.05, 0) is 42.3 Å². The lowest BCUT2D eigenvalue weighted by Gasteiger charge is -2.08. The van der Waals surface area contributed by atoms with Gasteiger partial charge in [-0.3, -0.25) is 0 Å². The van der Waals surface area contributed by atoms with Crippen molar-refractivity contribution < 1.29 is 9.13 Å². The molecule has 0 unspecified atom stereocenters. The molecule has 0 bridgehead atoms. The monoisotopic (exact) mass is 425 g/mol. The molecule has 1 aromatic heterocycles. The van der Waals surface area contributed by atoms with Crippen LogP contribution < -0.4 is 4.74 Å². The van der Waals surface area contributed by atoms with E-state index in [0.717, 1.165) is 29.4 Å². The molecule has 0 aliphatic heterocycles. The predicted molar refractivity (Wildman–Crippen MR) is 107 cm³/mol. The lowest BCUT2D eigenvalue weighted by Crippen LogP contribution is -2.04. The Morgan fingerprint density at radius 3 is 2.63 bits per heavy atom. The molecule has 0 fully saturated rings. The highest BCUT2D eigenvalue weighted by atomic mass is 35.5.